The number of nitrogens with zero attached hydrogens (tertiary/aromatic N) is 3. The highest BCUT2D eigenvalue weighted by molar-refractivity contribution is 5.75. The first-order chi connectivity index (χ1) is 9.55. The van der Waals surface area contributed by atoms with Gasteiger partial charge in [0.25, 0.3) is 0 Å². The summed E-state index contributed by atoms with van der Waals surface area (Å²) in [6, 6.07) is 1.89. The topological polar surface area (TPSA) is 98.9 Å². The van der Waals surface area contributed by atoms with E-state index in [0.29, 0.717) is 31.1 Å². The van der Waals surface area contributed by atoms with Gasteiger partial charge in [-0.2, -0.15) is 5.26 Å². The van der Waals surface area contributed by atoms with Crippen molar-refractivity contribution in [1.29, 1.82) is 5.26 Å². The summed E-state index contributed by atoms with van der Waals surface area (Å²) < 4.78 is 0. The monoisotopic (exact) mass is 274 g/mol. The van der Waals surface area contributed by atoms with Crippen LogP contribution in [0.5, 0.6) is 0 Å². The van der Waals surface area contributed by atoms with Gasteiger partial charge in [-0.15, -0.1) is 0 Å². The molecule has 0 atom stereocenters. The van der Waals surface area contributed by atoms with E-state index in [1.54, 1.807) is 0 Å². The molecule has 0 bridgehead atoms. The van der Waals surface area contributed by atoms with Gasteiger partial charge in [-0.1, -0.05) is 6.92 Å². The summed E-state index contributed by atoms with van der Waals surface area (Å²) in [4.78, 5) is 19.5. The Morgan fingerprint density at radius 3 is 2.70 bits per heavy atom. The van der Waals surface area contributed by atoms with Crippen LogP contribution in [0.1, 0.15) is 38.3 Å². The molecule has 0 spiro atoms. The van der Waals surface area contributed by atoms with E-state index in [0.717, 1.165) is 12.8 Å². The lowest BCUT2D eigenvalue weighted by Crippen LogP contribution is -2.41. The van der Waals surface area contributed by atoms with Crippen molar-refractivity contribution in [3.05, 3.63) is 18.1 Å². The lowest BCUT2D eigenvalue weighted by atomic mass is 9.71. The molecule has 1 aliphatic carbocycles. The summed E-state index contributed by atoms with van der Waals surface area (Å²) in [5.41, 5.74) is -0.475. The van der Waals surface area contributed by atoms with Gasteiger partial charge in [0.2, 0.25) is 0 Å². The molecule has 106 valence electrons. The summed E-state index contributed by atoms with van der Waals surface area (Å²) in [6.45, 7) is 2.50. The summed E-state index contributed by atoms with van der Waals surface area (Å²) in [7, 11) is 0. The largest absolute Gasteiger partial charge is 0.481 e. The molecule has 0 radical (unpaired) electrons. The minimum absolute atomic E-state index is 0.245. The van der Waals surface area contributed by atoms with Gasteiger partial charge >= 0.3 is 5.97 Å². The van der Waals surface area contributed by atoms with Gasteiger partial charge in [0, 0.05) is 6.54 Å². The van der Waals surface area contributed by atoms with Crippen LogP contribution in [0, 0.1) is 22.7 Å². The predicted molar refractivity (Wildman–Crippen MR) is 72.9 cm³/mol. The van der Waals surface area contributed by atoms with Crippen LogP contribution >= 0.6 is 0 Å². The van der Waals surface area contributed by atoms with Crippen molar-refractivity contribution in [2.45, 2.75) is 32.6 Å². The average molecular weight is 274 g/mol. The number of carbonyl (C=O) groups is 1. The fourth-order valence-electron chi connectivity index (χ4n) is 2.52. The molecule has 0 aliphatic heterocycles. The maximum Gasteiger partial charge on any atom is 0.311 e. The van der Waals surface area contributed by atoms with E-state index in [-0.39, 0.29) is 5.69 Å². The van der Waals surface area contributed by atoms with E-state index in [4.69, 9.17) is 5.26 Å². The van der Waals surface area contributed by atoms with Crippen LogP contribution < -0.4 is 5.32 Å². The second kappa shape index (κ2) is 5.87. The van der Waals surface area contributed by atoms with Gasteiger partial charge < -0.3 is 10.4 Å². The van der Waals surface area contributed by atoms with Gasteiger partial charge in [-0.25, -0.2) is 9.97 Å². The Balaban J connectivity index is 2.02. The van der Waals surface area contributed by atoms with Crippen molar-refractivity contribution in [3.63, 3.8) is 0 Å². The molecule has 20 heavy (non-hydrogen) atoms. The molecule has 2 rings (SSSR count). The number of hydrogen-bond donors (Lipinski definition) is 2. The molecule has 0 unspecified atom stereocenters. The molecule has 0 aromatic carbocycles. The molecule has 0 amide bonds. The Labute approximate surface area is 117 Å². The second-order valence-electron chi connectivity index (χ2n) is 5.52. The fraction of sp³-hybridized carbons (Fsp3) is 0.571. The fourth-order valence-corrected chi connectivity index (χ4v) is 2.52. The smallest absolute Gasteiger partial charge is 0.311 e. The van der Waals surface area contributed by atoms with E-state index in [1.807, 2.05) is 6.07 Å². The Kier molecular flexibility index (Phi) is 4.18. The number of aliphatic carboxylic acids is 1. The van der Waals surface area contributed by atoms with Crippen LogP contribution in [0.2, 0.25) is 0 Å². The number of aromatic nitrogens is 2. The van der Waals surface area contributed by atoms with E-state index < -0.39 is 11.4 Å². The third-order valence-electron chi connectivity index (χ3n) is 4.06. The molecule has 1 fully saturated rings. The van der Waals surface area contributed by atoms with Crippen LogP contribution in [-0.2, 0) is 4.79 Å². The summed E-state index contributed by atoms with van der Waals surface area (Å²) in [5, 5.41) is 21.2. The van der Waals surface area contributed by atoms with Crippen LogP contribution in [0.4, 0.5) is 5.82 Å². The molecule has 1 saturated carbocycles. The summed E-state index contributed by atoms with van der Waals surface area (Å²) >= 11 is 0. The van der Waals surface area contributed by atoms with E-state index in [1.165, 1.54) is 12.4 Å². The highest BCUT2D eigenvalue weighted by atomic mass is 16.4. The standard InChI is InChI=1S/C14H18N4O2/c1-10-2-4-14(5-3-10,13(19)20)9-18-12-8-16-11(6-15)7-17-12/h7-8,10H,2-5,9H2,1H3,(H,17,18)(H,19,20). The molecule has 1 aliphatic rings. The number of anilines is 1. The zero-order valence-corrected chi connectivity index (χ0v) is 11.5. The van der Waals surface area contributed by atoms with Gasteiger partial charge in [-0.05, 0) is 31.6 Å². The molecule has 1 aromatic rings. The maximum absolute atomic E-state index is 11.6. The van der Waals surface area contributed by atoms with Crippen molar-refractivity contribution in [2.75, 3.05) is 11.9 Å². The van der Waals surface area contributed by atoms with E-state index in [2.05, 4.69) is 22.2 Å². The van der Waals surface area contributed by atoms with Crippen molar-refractivity contribution < 1.29 is 9.90 Å². The van der Waals surface area contributed by atoms with Gasteiger partial charge in [0.15, 0.2) is 5.69 Å². The Hall–Kier alpha value is -2.16. The Morgan fingerprint density at radius 1 is 1.50 bits per heavy atom. The zero-order valence-electron chi connectivity index (χ0n) is 11.5. The summed E-state index contributed by atoms with van der Waals surface area (Å²) in [5.74, 6) is 0.346. The molecule has 1 aromatic heterocycles. The molecule has 6 nitrogen and oxygen atoms in total. The number of nitriles is 1. The van der Waals surface area contributed by atoms with E-state index in [9.17, 15) is 9.90 Å². The highest BCUT2D eigenvalue weighted by Crippen LogP contribution is 2.39. The molecule has 2 N–H and O–H groups in total. The summed E-state index contributed by atoms with van der Waals surface area (Å²) in [6.07, 6.45) is 6.07. The number of carboxylic acid groups (broad SMARTS) is 1. The third kappa shape index (κ3) is 3.05. The first-order valence-corrected chi connectivity index (χ1v) is 6.75. The zero-order chi connectivity index (χ0) is 14.6. The van der Waals surface area contributed by atoms with Gasteiger partial charge in [0.05, 0.1) is 17.8 Å². The molecule has 0 saturated heterocycles. The van der Waals surface area contributed by atoms with Gasteiger partial charge in [0.1, 0.15) is 11.9 Å². The first-order valence-electron chi connectivity index (χ1n) is 6.75. The van der Waals surface area contributed by atoms with Crippen LogP contribution in [0.3, 0.4) is 0 Å². The molecular formula is C14H18N4O2. The first kappa shape index (κ1) is 14.3. The van der Waals surface area contributed by atoms with Crippen molar-refractivity contribution in [2.24, 2.45) is 11.3 Å². The number of nitrogens with one attached hydrogen (secondary N) is 1. The minimum Gasteiger partial charge on any atom is -0.481 e. The highest BCUT2D eigenvalue weighted by Gasteiger charge is 2.41. The molecule has 1 heterocycles. The molecular weight excluding hydrogens is 256 g/mol. The lowest BCUT2D eigenvalue weighted by Gasteiger charge is -2.35. The number of hydrogen-bond acceptors (Lipinski definition) is 5. The quantitative estimate of drug-likeness (QED) is 0.871. The molecule has 6 heteroatoms. The van der Waals surface area contributed by atoms with Gasteiger partial charge in [-0.3, -0.25) is 4.79 Å². The predicted octanol–water partition coefficient (Wildman–Crippen LogP) is 2.04. The normalized spacial score (nSPS) is 25.7. The Bertz CT molecular complexity index is 513. The lowest BCUT2D eigenvalue weighted by molar-refractivity contribution is -0.150. The van der Waals surface area contributed by atoms with Crippen LogP contribution in [-0.4, -0.2) is 27.6 Å². The van der Waals surface area contributed by atoms with Crippen LogP contribution in [0.25, 0.3) is 0 Å². The maximum atomic E-state index is 11.6. The van der Waals surface area contributed by atoms with Crippen molar-refractivity contribution >= 4 is 11.8 Å². The average Bonchev–Trinajstić information content (AvgIpc) is 2.47. The van der Waals surface area contributed by atoms with Crippen molar-refractivity contribution in [1.82, 2.24) is 9.97 Å². The minimum atomic E-state index is -0.751. The number of carboxylic acids is 1. The second-order valence-corrected chi connectivity index (χ2v) is 5.52. The Morgan fingerprint density at radius 2 is 2.20 bits per heavy atom. The van der Waals surface area contributed by atoms with E-state index >= 15 is 0 Å². The number of rotatable bonds is 4. The van der Waals surface area contributed by atoms with Crippen molar-refractivity contribution in [3.8, 4) is 6.07 Å². The SMILES string of the molecule is CC1CCC(CNc2cnc(C#N)cn2)(C(=O)O)CC1. The third-order valence-corrected chi connectivity index (χ3v) is 4.06. The van der Waals surface area contributed by atoms with Crippen LogP contribution in [0.15, 0.2) is 12.4 Å².